The minimum atomic E-state index is -0.604. The van der Waals surface area contributed by atoms with Crippen molar-refractivity contribution in [2.75, 3.05) is 19.6 Å². The molecule has 2 aliphatic rings. The number of hydrogen-bond acceptors (Lipinski definition) is 4. The van der Waals surface area contributed by atoms with Crippen LogP contribution in [0.1, 0.15) is 40.0 Å². The van der Waals surface area contributed by atoms with E-state index < -0.39 is 11.1 Å². The van der Waals surface area contributed by atoms with Gasteiger partial charge in [0.25, 0.3) is 0 Å². The number of carbonyl (C=O) groups excluding carboxylic acids is 2. The zero-order valence-corrected chi connectivity index (χ0v) is 11.4. The van der Waals surface area contributed by atoms with Gasteiger partial charge in [-0.3, -0.25) is 9.69 Å². The number of hydrogen-bond donors (Lipinski definition) is 1. The molecule has 2 rings (SSSR count). The number of amides is 1. The molecule has 2 aliphatic heterocycles. The first-order chi connectivity index (χ1) is 8.35. The van der Waals surface area contributed by atoms with E-state index in [4.69, 9.17) is 4.74 Å². The average molecular weight is 254 g/mol. The highest BCUT2D eigenvalue weighted by atomic mass is 16.6. The maximum absolute atomic E-state index is 12.2. The van der Waals surface area contributed by atoms with Gasteiger partial charge in [-0.25, -0.2) is 4.79 Å². The van der Waals surface area contributed by atoms with Gasteiger partial charge in [0.2, 0.25) is 0 Å². The van der Waals surface area contributed by atoms with Crippen LogP contribution in [0.2, 0.25) is 0 Å². The van der Waals surface area contributed by atoms with Gasteiger partial charge in [-0.2, -0.15) is 0 Å². The predicted molar refractivity (Wildman–Crippen MR) is 67.4 cm³/mol. The number of nitrogens with one attached hydrogen (secondary N) is 1. The molecule has 0 aliphatic carbocycles. The topological polar surface area (TPSA) is 58.6 Å². The highest BCUT2D eigenvalue weighted by molar-refractivity contribution is 5.95. The lowest BCUT2D eigenvalue weighted by molar-refractivity contribution is -0.126. The van der Waals surface area contributed by atoms with E-state index in [1.807, 2.05) is 20.8 Å². The van der Waals surface area contributed by atoms with Crippen molar-refractivity contribution < 1.29 is 14.3 Å². The van der Waals surface area contributed by atoms with E-state index in [9.17, 15) is 9.59 Å². The normalized spacial score (nSPS) is 23.5. The van der Waals surface area contributed by atoms with E-state index in [-0.39, 0.29) is 11.9 Å². The van der Waals surface area contributed by atoms with Gasteiger partial charge in [-0.05, 0) is 46.7 Å². The zero-order chi connectivity index (χ0) is 13.4. The Kier molecular flexibility index (Phi) is 3.36. The third-order valence-electron chi connectivity index (χ3n) is 3.64. The molecule has 1 amide bonds. The summed E-state index contributed by atoms with van der Waals surface area (Å²) in [5, 5.41) is 3.23. The first-order valence-corrected chi connectivity index (χ1v) is 6.60. The summed E-state index contributed by atoms with van der Waals surface area (Å²) in [5.74, 6) is 0.190. The molecule has 5 nitrogen and oxygen atoms in total. The fourth-order valence-corrected chi connectivity index (χ4v) is 2.78. The van der Waals surface area contributed by atoms with Gasteiger partial charge in [0, 0.05) is 13.0 Å². The zero-order valence-electron chi connectivity index (χ0n) is 11.4. The summed E-state index contributed by atoms with van der Waals surface area (Å²) < 4.78 is 5.41. The highest BCUT2D eigenvalue weighted by Crippen LogP contribution is 2.35. The van der Waals surface area contributed by atoms with Crippen LogP contribution in [-0.4, -0.2) is 47.6 Å². The van der Waals surface area contributed by atoms with Gasteiger partial charge < -0.3 is 10.1 Å². The molecule has 0 radical (unpaired) electrons. The summed E-state index contributed by atoms with van der Waals surface area (Å²) in [5.41, 5.74) is -1.12. The first-order valence-electron chi connectivity index (χ1n) is 6.60. The Bertz CT molecular complexity index is 354. The molecule has 2 saturated heterocycles. The Morgan fingerprint density at radius 2 is 1.94 bits per heavy atom. The van der Waals surface area contributed by atoms with Crippen molar-refractivity contribution in [3.05, 3.63) is 0 Å². The maximum atomic E-state index is 12.2. The molecular weight excluding hydrogens is 232 g/mol. The molecule has 18 heavy (non-hydrogen) atoms. The molecule has 0 aromatic carbocycles. The van der Waals surface area contributed by atoms with E-state index in [0.717, 1.165) is 13.1 Å². The smallest absolute Gasteiger partial charge is 0.411 e. The first kappa shape index (κ1) is 13.3. The van der Waals surface area contributed by atoms with Crippen molar-refractivity contribution in [1.29, 1.82) is 0 Å². The van der Waals surface area contributed by atoms with Gasteiger partial charge in [0.15, 0.2) is 5.78 Å². The summed E-state index contributed by atoms with van der Waals surface area (Å²) in [7, 11) is 0. The molecule has 2 heterocycles. The Labute approximate surface area is 108 Å². The Balaban J connectivity index is 2.16. The molecule has 1 N–H and O–H groups in total. The van der Waals surface area contributed by atoms with Crippen molar-refractivity contribution in [3.63, 3.8) is 0 Å². The van der Waals surface area contributed by atoms with Crippen LogP contribution in [0, 0.1) is 0 Å². The van der Waals surface area contributed by atoms with Crippen molar-refractivity contribution >= 4 is 11.9 Å². The number of piperidine rings is 1. The minimum Gasteiger partial charge on any atom is -0.444 e. The van der Waals surface area contributed by atoms with E-state index >= 15 is 0 Å². The number of carbonyl (C=O) groups is 2. The minimum absolute atomic E-state index is 0.190. The second kappa shape index (κ2) is 4.53. The van der Waals surface area contributed by atoms with Crippen molar-refractivity contribution in [2.24, 2.45) is 0 Å². The molecule has 0 bridgehead atoms. The predicted octanol–water partition coefficient (Wildman–Crippen LogP) is 1.32. The van der Waals surface area contributed by atoms with Crippen LogP contribution in [0.5, 0.6) is 0 Å². The van der Waals surface area contributed by atoms with Gasteiger partial charge in [-0.1, -0.05) is 0 Å². The third kappa shape index (κ3) is 2.36. The Morgan fingerprint density at radius 3 is 2.50 bits per heavy atom. The van der Waals surface area contributed by atoms with Gasteiger partial charge >= 0.3 is 6.09 Å². The summed E-state index contributed by atoms with van der Waals surface area (Å²) in [6.45, 7) is 7.59. The van der Waals surface area contributed by atoms with Crippen LogP contribution in [0.4, 0.5) is 4.79 Å². The van der Waals surface area contributed by atoms with Gasteiger partial charge in [0.05, 0.1) is 0 Å². The summed E-state index contributed by atoms with van der Waals surface area (Å²) in [4.78, 5) is 26.0. The van der Waals surface area contributed by atoms with E-state index in [1.54, 1.807) is 4.90 Å². The van der Waals surface area contributed by atoms with Crippen molar-refractivity contribution in [3.8, 4) is 0 Å². The van der Waals surface area contributed by atoms with E-state index in [1.165, 1.54) is 0 Å². The highest BCUT2D eigenvalue weighted by Gasteiger charge is 2.51. The molecule has 0 saturated carbocycles. The molecule has 0 unspecified atom stereocenters. The number of ketones is 1. The molecule has 0 aromatic heterocycles. The fourth-order valence-electron chi connectivity index (χ4n) is 2.78. The summed E-state index contributed by atoms with van der Waals surface area (Å²) in [6.07, 6.45) is 1.50. The van der Waals surface area contributed by atoms with Crippen LogP contribution in [0.15, 0.2) is 0 Å². The van der Waals surface area contributed by atoms with Gasteiger partial charge in [0.1, 0.15) is 11.1 Å². The monoisotopic (exact) mass is 254 g/mol. The lowest BCUT2D eigenvalue weighted by Gasteiger charge is -2.40. The third-order valence-corrected chi connectivity index (χ3v) is 3.64. The number of likely N-dealkylation sites (tertiary alicyclic amines) is 1. The van der Waals surface area contributed by atoms with Gasteiger partial charge in [-0.15, -0.1) is 0 Å². The lowest BCUT2D eigenvalue weighted by atomic mass is 9.85. The fraction of sp³-hybridized carbons (Fsp3) is 0.846. The summed E-state index contributed by atoms with van der Waals surface area (Å²) >= 11 is 0. The van der Waals surface area contributed by atoms with Crippen LogP contribution in [0.25, 0.3) is 0 Å². The largest absolute Gasteiger partial charge is 0.444 e. The molecule has 102 valence electrons. The molecule has 0 atom stereocenters. The second-order valence-corrected chi connectivity index (χ2v) is 6.09. The molecule has 5 heteroatoms. The number of rotatable bonds is 0. The number of Topliss-reactive ketones (excluding diaryl/α,β-unsaturated/α-hetero) is 1. The van der Waals surface area contributed by atoms with E-state index in [0.29, 0.717) is 25.8 Å². The molecule has 0 aromatic rings. The van der Waals surface area contributed by atoms with Crippen LogP contribution in [0.3, 0.4) is 0 Å². The number of ether oxygens (including phenoxy) is 1. The van der Waals surface area contributed by atoms with Crippen LogP contribution >= 0.6 is 0 Å². The second-order valence-electron chi connectivity index (χ2n) is 6.09. The summed E-state index contributed by atoms with van der Waals surface area (Å²) in [6, 6.07) is 0. The molecular formula is C13H22N2O3. The SMILES string of the molecule is CC(C)(C)OC(=O)N1CCC(=O)C12CCNCC2. The van der Waals surface area contributed by atoms with Crippen LogP contribution < -0.4 is 5.32 Å². The van der Waals surface area contributed by atoms with Crippen LogP contribution in [-0.2, 0) is 9.53 Å². The van der Waals surface area contributed by atoms with E-state index in [2.05, 4.69) is 5.32 Å². The average Bonchev–Trinajstić information content (AvgIpc) is 2.56. The maximum Gasteiger partial charge on any atom is 0.411 e. The quantitative estimate of drug-likeness (QED) is 0.708. The number of nitrogens with zero attached hydrogens (tertiary/aromatic N) is 1. The van der Waals surface area contributed by atoms with Crippen molar-refractivity contribution in [1.82, 2.24) is 10.2 Å². The molecule has 1 spiro atoms. The van der Waals surface area contributed by atoms with Crippen molar-refractivity contribution in [2.45, 2.75) is 51.2 Å². The lowest BCUT2D eigenvalue weighted by Crippen LogP contribution is -2.57. The standard InChI is InChI=1S/C13H22N2O3/c1-12(2,3)18-11(17)15-9-4-10(16)13(15)5-7-14-8-6-13/h14H,4-9H2,1-3H3. The Hall–Kier alpha value is -1.10. The molecule has 2 fully saturated rings. The Morgan fingerprint density at radius 1 is 1.33 bits per heavy atom.